The van der Waals surface area contributed by atoms with Crippen LogP contribution in [0.3, 0.4) is 0 Å². The van der Waals surface area contributed by atoms with E-state index in [0.29, 0.717) is 0 Å². The maximum Gasteiger partial charge on any atom is 0.140 e. The van der Waals surface area contributed by atoms with Gasteiger partial charge in [-0.25, -0.2) is 0 Å². The Kier molecular flexibility index (Phi) is 9.38. The summed E-state index contributed by atoms with van der Waals surface area (Å²) in [6.07, 6.45) is 0. The van der Waals surface area contributed by atoms with Crippen LogP contribution in [0.5, 0.6) is 0 Å². The highest BCUT2D eigenvalue weighted by atomic mass is 16.3. The first-order valence-electron chi connectivity index (χ1n) is 20.5. The number of furan rings is 1. The van der Waals surface area contributed by atoms with Crippen LogP contribution in [-0.2, 0) is 0 Å². The SMILES string of the molecule is Bc1c(B)c(B)c(-c2c(B)c(B)c(B)c(-c3c4c(B)c(B)c(B)c(B)c4c(-c4ccc5oc6ccccc6c5c4)c4c(B)c(B)c(B)c(B)c34)c2B)c(B)c1B. The van der Waals surface area contributed by atoms with Crippen LogP contribution in [-0.4, -0.2) is 133 Å². The van der Waals surface area contributed by atoms with Gasteiger partial charge in [0.1, 0.15) is 145 Å². The van der Waals surface area contributed by atoms with Gasteiger partial charge in [0.2, 0.25) is 0 Å². The normalized spacial score (nSPS) is 11.7. The first-order chi connectivity index (χ1) is 26.4. The average Bonchev–Trinajstić information content (AvgIpc) is 3.56. The van der Waals surface area contributed by atoms with Gasteiger partial charge in [0.15, 0.2) is 0 Å². The van der Waals surface area contributed by atoms with Crippen molar-refractivity contribution in [2.75, 3.05) is 0 Å². The van der Waals surface area contributed by atoms with Crippen LogP contribution in [0.2, 0.25) is 0 Å². The summed E-state index contributed by atoms with van der Waals surface area (Å²) in [6.45, 7) is 0. The molecule has 250 valence electrons. The van der Waals surface area contributed by atoms with Crippen LogP contribution in [0.15, 0.2) is 46.9 Å². The second-order valence-corrected chi connectivity index (χ2v) is 17.3. The molecule has 18 heteroatoms. The van der Waals surface area contributed by atoms with Gasteiger partial charge in [0, 0.05) is 10.8 Å². The van der Waals surface area contributed by atoms with Crippen LogP contribution in [0.1, 0.15) is 0 Å². The van der Waals surface area contributed by atoms with Gasteiger partial charge < -0.3 is 4.42 Å². The maximum atomic E-state index is 6.38. The third-order valence-electron chi connectivity index (χ3n) is 15.2. The van der Waals surface area contributed by atoms with Crippen molar-refractivity contribution in [3.63, 3.8) is 0 Å². The third-order valence-corrected chi connectivity index (χ3v) is 15.2. The molecule has 0 aliphatic carbocycles. The molecule has 8 aromatic rings. The molecular formula is C38H41B17O. The first-order valence-corrected chi connectivity index (χ1v) is 20.5. The van der Waals surface area contributed by atoms with E-state index in [1.54, 1.807) is 0 Å². The zero-order valence-corrected chi connectivity index (χ0v) is 36.9. The van der Waals surface area contributed by atoms with E-state index in [1.165, 1.54) is 153 Å². The quantitative estimate of drug-likeness (QED) is 0.132. The summed E-state index contributed by atoms with van der Waals surface area (Å²) in [5.41, 5.74) is 33.6. The van der Waals surface area contributed by atoms with Crippen molar-refractivity contribution in [2.45, 2.75) is 0 Å². The highest BCUT2D eigenvalue weighted by Gasteiger charge is 2.29. The molecule has 0 amide bonds. The van der Waals surface area contributed by atoms with E-state index in [9.17, 15) is 0 Å². The Morgan fingerprint density at radius 1 is 0.268 bits per heavy atom. The minimum Gasteiger partial charge on any atom is -0.456 e. The first kappa shape index (κ1) is 38.8. The zero-order valence-electron chi connectivity index (χ0n) is 36.9. The van der Waals surface area contributed by atoms with Crippen molar-refractivity contribution in [1.82, 2.24) is 0 Å². The minimum atomic E-state index is 0.932. The Labute approximate surface area is 348 Å². The molecule has 0 radical (unpaired) electrons. The van der Waals surface area contributed by atoms with Gasteiger partial charge in [-0.1, -0.05) is 73.4 Å². The second-order valence-electron chi connectivity index (χ2n) is 17.3. The molecule has 7 aromatic carbocycles. The molecule has 0 saturated heterocycles. The van der Waals surface area contributed by atoms with Crippen LogP contribution >= 0.6 is 0 Å². The fraction of sp³-hybridized carbons (Fsp3) is 0. The van der Waals surface area contributed by atoms with E-state index in [4.69, 9.17) is 4.42 Å². The molecule has 0 N–H and O–H groups in total. The summed E-state index contributed by atoms with van der Waals surface area (Å²) in [5, 5.41) is 7.86. The van der Waals surface area contributed by atoms with Gasteiger partial charge in [0.05, 0.1) is 0 Å². The lowest BCUT2D eigenvalue weighted by Crippen LogP contribution is -2.57. The molecule has 8 rings (SSSR count). The van der Waals surface area contributed by atoms with Gasteiger partial charge in [-0.15, -0.1) is 43.7 Å². The van der Waals surface area contributed by atoms with Crippen molar-refractivity contribution >= 4 is 270 Å². The van der Waals surface area contributed by atoms with Crippen molar-refractivity contribution in [1.29, 1.82) is 0 Å². The molecule has 0 saturated carbocycles. The standard InChI is InChI=1S/C38H41B17O/c39-22-19(27(44)31(48)28(45)20(22)21-29(46)36(53)38(55)37(54)30(21)47)14-17-15(23(40)32(49)34(51)25(17)42)13(16-18(14)26(43)35(52)33(50)24(16)41)8-5-6-12-10(7-8)9-3-1-2-4-11(9)56-12/h1-7H,39-55H2. The number of rotatable bonds is 3. The van der Waals surface area contributed by atoms with Crippen molar-refractivity contribution < 1.29 is 4.42 Å². The minimum absolute atomic E-state index is 0.932. The molecule has 0 bridgehead atoms. The Hall–Kier alpha value is -4.04. The number of para-hydroxylation sites is 1. The molecule has 1 heterocycles. The topological polar surface area (TPSA) is 13.1 Å². The predicted octanol–water partition coefficient (Wildman–Crippen LogP) is -18.7. The van der Waals surface area contributed by atoms with Gasteiger partial charge in [-0.05, 0) is 73.1 Å². The Morgan fingerprint density at radius 2 is 0.607 bits per heavy atom. The van der Waals surface area contributed by atoms with Crippen LogP contribution < -0.4 is 92.9 Å². The molecule has 0 fully saturated rings. The Bertz CT molecular complexity index is 3000. The average molecular weight is 698 g/mol. The van der Waals surface area contributed by atoms with E-state index in [1.807, 2.05) is 0 Å². The predicted molar refractivity (Wildman–Crippen MR) is 304 cm³/mol. The molecule has 0 unspecified atom stereocenters. The monoisotopic (exact) mass is 700 g/mol. The van der Waals surface area contributed by atoms with Crippen molar-refractivity contribution in [3.05, 3.63) is 42.5 Å². The summed E-state index contributed by atoms with van der Waals surface area (Å²) in [4.78, 5) is 0. The molecular weight excluding hydrogens is 656 g/mol. The Balaban J connectivity index is 1.68. The van der Waals surface area contributed by atoms with Crippen LogP contribution in [0.4, 0.5) is 0 Å². The lowest BCUT2D eigenvalue weighted by atomic mass is 9.55. The number of fused-ring (bicyclic) bond motifs is 5. The van der Waals surface area contributed by atoms with Gasteiger partial charge in [0.25, 0.3) is 0 Å². The molecule has 0 atom stereocenters. The maximum absolute atomic E-state index is 6.38. The number of hydrogen-bond donors (Lipinski definition) is 0. The highest BCUT2D eigenvalue weighted by molar-refractivity contribution is 6.74. The van der Waals surface area contributed by atoms with E-state index in [-0.39, 0.29) is 0 Å². The second kappa shape index (κ2) is 13.5. The molecule has 1 aromatic heterocycles. The summed E-state index contributed by atoms with van der Waals surface area (Å²) in [5.74, 6) is 0. The molecule has 0 aliphatic rings. The van der Waals surface area contributed by atoms with Crippen LogP contribution in [0.25, 0.3) is 76.9 Å². The lowest BCUT2D eigenvalue weighted by Gasteiger charge is -2.32. The fourth-order valence-electron chi connectivity index (χ4n) is 10.5. The lowest BCUT2D eigenvalue weighted by molar-refractivity contribution is 0.669. The molecule has 0 aliphatic heterocycles. The summed E-state index contributed by atoms with van der Waals surface area (Å²) >= 11 is 0. The van der Waals surface area contributed by atoms with E-state index in [2.05, 4.69) is 176 Å². The molecule has 1 nitrogen and oxygen atoms in total. The van der Waals surface area contributed by atoms with E-state index < -0.39 is 0 Å². The number of benzene rings is 7. The summed E-state index contributed by atoms with van der Waals surface area (Å²) in [7, 11) is 40.0. The largest absolute Gasteiger partial charge is 0.456 e. The molecule has 0 spiro atoms. The zero-order chi connectivity index (χ0) is 40.6. The third kappa shape index (κ3) is 5.19. The molecule has 56 heavy (non-hydrogen) atoms. The van der Waals surface area contributed by atoms with Crippen LogP contribution in [0, 0.1) is 0 Å². The highest BCUT2D eigenvalue weighted by Crippen LogP contribution is 2.41. The van der Waals surface area contributed by atoms with Gasteiger partial charge in [-0.3, -0.25) is 0 Å². The van der Waals surface area contributed by atoms with E-state index >= 15 is 0 Å². The van der Waals surface area contributed by atoms with Gasteiger partial charge in [-0.2, -0.15) is 0 Å². The summed E-state index contributed by atoms with van der Waals surface area (Å²) in [6, 6.07) is 15.4. The van der Waals surface area contributed by atoms with Crippen molar-refractivity contribution in [3.8, 4) is 33.4 Å². The van der Waals surface area contributed by atoms with Crippen molar-refractivity contribution in [2.24, 2.45) is 0 Å². The van der Waals surface area contributed by atoms with E-state index in [0.717, 1.165) is 16.6 Å². The fourth-order valence-corrected chi connectivity index (χ4v) is 10.5. The van der Waals surface area contributed by atoms with Gasteiger partial charge >= 0.3 is 0 Å². The number of hydrogen-bond acceptors (Lipinski definition) is 1. The smallest absolute Gasteiger partial charge is 0.140 e. The summed E-state index contributed by atoms with van der Waals surface area (Å²) < 4.78 is 6.38. The Morgan fingerprint density at radius 3 is 1.09 bits per heavy atom.